The van der Waals surface area contributed by atoms with E-state index in [-0.39, 0.29) is 24.8 Å². The van der Waals surface area contributed by atoms with Gasteiger partial charge >= 0.3 is 6.09 Å². The van der Waals surface area contributed by atoms with E-state index in [1.165, 1.54) is 12.1 Å². The molecule has 0 spiro atoms. The van der Waals surface area contributed by atoms with E-state index in [0.29, 0.717) is 23.6 Å². The van der Waals surface area contributed by atoms with Crippen LogP contribution < -0.4 is 5.32 Å². The first kappa shape index (κ1) is 22.3. The minimum absolute atomic E-state index is 0.163. The number of hydrogen-bond acceptors (Lipinski definition) is 4. The van der Waals surface area contributed by atoms with Crippen LogP contribution in [0.2, 0.25) is 0 Å². The maximum absolute atomic E-state index is 13.7. The van der Waals surface area contributed by atoms with Gasteiger partial charge in [0.2, 0.25) is 5.91 Å². The minimum Gasteiger partial charge on any atom is -0.444 e. The molecule has 1 aromatic heterocycles. The number of nitrogens with zero attached hydrogens (tertiary/aromatic N) is 3. The predicted molar refractivity (Wildman–Crippen MR) is 114 cm³/mol. The highest BCUT2D eigenvalue weighted by Crippen LogP contribution is 2.37. The van der Waals surface area contributed by atoms with Crippen molar-refractivity contribution in [3.05, 3.63) is 40.5 Å². The van der Waals surface area contributed by atoms with Gasteiger partial charge in [0.05, 0.1) is 12.1 Å². The average Bonchev–Trinajstić information content (AvgIpc) is 2.95. The molecule has 2 heterocycles. The number of fused-ring (bicyclic) bond motifs is 1. The average molecular weight is 481 g/mol. The molecule has 1 aromatic carbocycles. The van der Waals surface area contributed by atoms with E-state index in [1.54, 1.807) is 37.8 Å². The van der Waals surface area contributed by atoms with Gasteiger partial charge in [0.1, 0.15) is 34.1 Å². The Hall–Kier alpha value is -2.42. The summed E-state index contributed by atoms with van der Waals surface area (Å²) in [4.78, 5) is 30.9. The standard InChI is InChI=1S/C21H26BrFN4O3/c1-20(2,3)30-19(29)24-10-16(28)26-11-15-25-17(13-7-6-8-14(23)9-13)18(22)27(15)21(4,5)12-26/h6-9H,10-12H2,1-5H3,(H,24,29). The zero-order valence-corrected chi connectivity index (χ0v) is 19.3. The monoisotopic (exact) mass is 480 g/mol. The van der Waals surface area contributed by atoms with Crippen LogP contribution in [0.5, 0.6) is 0 Å². The lowest BCUT2D eigenvalue weighted by atomic mass is 10.0. The number of aromatic nitrogens is 2. The third-order valence-electron chi connectivity index (χ3n) is 4.64. The Morgan fingerprint density at radius 3 is 2.67 bits per heavy atom. The summed E-state index contributed by atoms with van der Waals surface area (Å²) in [6.45, 7) is 9.83. The lowest BCUT2D eigenvalue weighted by molar-refractivity contribution is -0.133. The molecule has 30 heavy (non-hydrogen) atoms. The number of carbonyl (C=O) groups is 2. The van der Waals surface area contributed by atoms with Gasteiger partial charge < -0.3 is 19.5 Å². The molecule has 0 saturated heterocycles. The first-order valence-corrected chi connectivity index (χ1v) is 10.4. The summed E-state index contributed by atoms with van der Waals surface area (Å²) in [7, 11) is 0. The largest absolute Gasteiger partial charge is 0.444 e. The second-order valence-electron chi connectivity index (χ2n) is 8.93. The number of ether oxygens (including phenoxy) is 1. The van der Waals surface area contributed by atoms with E-state index in [4.69, 9.17) is 4.74 Å². The van der Waals surface area contributed by atoms with Crippen molar-refractivity contribution in [3.8, 4) is 11.3 Å². The van der Waals surface area contributed by atoms with Crippen LogP contribution in [-0.4, -0.2) is 45.1 Å². The molecular weight excluding hydrogens is 455 g/mol. The Labute approximate surface area is 183 Å². The maximum atomic E-state index is 13.7. The second kappa shape index (κ2) is 8.02. The Balaban J connectivity index is 1.79. The van der Waals surface area contributed by atoms with Crippen molar-refractivity contribution in [2.75, 3.05) is 13.1 Å². The van der Waals surface area contributed by atoms with Crippen LogP contribution in [0.4, 0.5) is 9.18 Å². The molecule has 7 nitrogen and oxygen atoms in total. The summed E-state index contributed by atoms with van der Waals surface area (Å²) in [5, 5.41) is 2.51. The fraction of sp³-hybridized carbons (Fsp3) is 0.476. The summed E-state index contributed by atoms with van der Waals surface area (Å²) in [5.41, 5.74) is 0.194. The Morgan fingerprint density at radius 1 is 1.33 bits per heavy atom. The van der Waals surface area contributed by atoms with Crippen LogP contribution in [0, 0.1) is 5.82 Å². The third kappa shape index (κ3) is 4.83. The molecule has 1 aliphatic rings. The highest BCUT2D eigenvalue weighted by Gasteiger charge is 2.37. The fourth-order valence-electron chi connectivity index (χ4n) is 3.50. The van der Waals surface area contributed by atoms with E-state index in [9.17, 15) is 14.0 Å². The number of halogens is 2. The van der Waals surface area contributed by atoms with Crippen LogP contribution in [0.3, 0.4) is 0 Å². The molecular formula is C21H26BrFN4O3. The van der Waals surface area contributed by atoms with Gasteiger partial charge in [-0.2, -0.15) is 0 Å². The van der Waals surface area contributed by atoms with E-state index < -0.39 is 17.2 Å². The van der Waals surface area contributed by atoms with E-state index in [0.717, 1.165) is 4.60 Å². The number of alkyl carbamates (subject to hydrolysis) is 1. The van der Waals surface area contributed by atoms with Crippen LogP contribution >= 0.6 is 15.9 Å². The van der Waals surface area contributed by atoms with Crippen LogP contribution in [0.1, 0.15) is 40.4 Å². The molecule has 9 heteroatoms. The first-order valence-electron chi connectivity index (χ1n) is 9.65. The van der Waals surface area contributed by atoms with Crippen molar-refractivity contribution in [1.29, 1.82) is 0 Å². The molecule has 0 aliphatic carbocycles. The Bertz CT molecular complexity index is 981. The summed E-state index contributed by atoms with van der Waals surface area (Å²) in [6.07, 6.45) is -0.634. The first-order chi connectivity index (χ1) is 13.9. The number of benzene rings is 1. The molecule has 1 aliphatic heterocycles. The number of rotatable bonds is 3. The minimum atomic E-state index is -0.634. The zero-order valence-electron chi connectivity index (χ0n) is 17.8. The predicted octanol–water partition coefficient (Wildman–Crippen LogP) is 4.05. The van der Waals surface area contributed by atoms with E-state index in [2.05, 4.69) is 26.2 Å². The molecule has 0 unspecified atom stereocenters. The number of amides is 2. The molecule has 0 radical (unpaired) electrons. The van der Waals surface area contributed by atoms with Crippen molar-refractivity contribution < 1.29 is 18.7 Å². The lowest BCUT2D eigenvalue weighted by Gasteiger charge is -2.40. The van der Waals surface area contributed by atoms with Crippen molar-refractivity contribution >= 4 is 27.9 Å². The summed E-state index contributed by atoms with van der Waals surface area (Å²) in [6, 6.07) is 6.25. The van der Waals surface area contributed by atoms with Crippen LogP contribution in [-0.2, 0) is 21.6 Å². The quantitative estimate of drug-likeness (QED) is 0.718. The molecule has 0 fully saturated rings. The van der Waals surface area contributed by atoms with Crippen molar-refractivity contribution in [2.45, 2.75) is 52.3 Å². The zero-order chi connectivity index (χ0) is 22.3. The summed E-state index contributed by atoms with van der Waals surface area (Å²) in [5.74, 6) is 0.115. The van der Waals surface area contributed by atoms with E-state index >= 15 is 0 Å². The molecule has 3 rings (SSSR count). The SMILES string of the molecule is CC(C)(C)OC(=O)NCC(=O)N1Cc2nc(-c3cccc(F)c3)c(Br)n2C(C)(C)C1. The van der Waals surface area contributed by atoms with Gasteiger partial charge in [0.15, 0.2) is 0 Å². The molecule has 2 aromatic rings. The highest BCUT2D eigenvalue weighted by atomic mass is 79.9. The lowest BCUT2D eigenvalue weighted by Crippen LogP contribution is -2.51. The smallest absolute Gasteiger partial charge is 0.408 e. The van der Waals surface area contributed by atoms with Gasteiger partial charge in [-0.3, -0.25) is 4.79 Å². The Kier molecular flexibility index (Phi) is 5.95. The summed E-state index contributed by atoms with van der Waals surface area (Å²) >= 11 is 3.61. The number of nitrogens with one attached hydrogen (secondary N) is 1. The summed E-state index contributed by atoms with van der Waals surface area (Å²) < 4.78 is 21.6. The van der Waals surface area contributed by atoms with Gasteiger partial charge in [0, 0.05) is 12.1 Å². The van der Waals surface area contributed by atoms with Crippen LogP contribution in [0.15, 0.2) is 28.9 Å². The molecule has 0 atom stereocenters. The van der Waals surface area contributed by atoms with Gasteiger partial charge in [-0.15, -0.1) is 0 Å². The highest BCUT2D eigenvalue weighted by molar-refractivity contribution is 9.10. The topological polar surface area (TPSA) is 76.5 Å². The fourth-order valence-corrected chi connectivity index (χ4v) is 4.50. The molecule has 1 N–H and O–H groups in total. The third-order valence-corrected chi connectivity index (χ3v) is 5.37. The normalized spacial score (nSPS) is 15.5. The van der Waals surface area contributed by atoms with Gasteiger partial charge in [-0.25, -0.2) is 14.2 Å². The van der Waals surface area contributed by atoms with Crippen molar-refractivity contribution in [2.24, 2.45) is 0 Å². The van der Waals surface area contributed by atoms with Crippen molar-refractivity contribution in [1.82, 2.24) is 19.8 Å². The molecule has 0 bridgehead atoms. The maximum Gasteiger partial charge on any atom is 0.408 e. The molecule has 0 saturated carbocycles. The van der Waals surface area contributed by atoms with Gasteiger partial charge in [-0.1, -0.05) is 12.1 Å². The number of carbonyl (C=O) groups excluding carboxylic acids is 2. The Morgan fingerprint density at radius 2 is 2.03 bits per heavy atom. The van der Waals surface area contributed by atoms with Gasteiger partial charge in [-0.05, 0) is 62.7 Å². The van der Waals surface area contributed by atoms with Crippen LogP contribution in [0.25, 0.3) is 11.3 Å². The van der Waals surface area contributed by atoms with Crippen molar-refractivity contribution in [3.63, 3.8) is 0 Å². The molecule has 2 amide bonds. The number of imidazole rings is 1. The molecule has 162 valence electrons. The van der Waals surface area contributed by atoms with E-state index in [1.807, 2.05) is 18.4 Å². The van der Waals surface area contributed by atoms with Gasteiger partial charge in [0.25, 0.3) is 0 Å². The second-order valence-corrected chi connectivity index (χ2v) is 9.68. The number of hydrogen-bond donors (Lipinski definition) is 1.